The Balaban J connectivity index is 1.74. The van der Waals surface area contributed by atoms with Gasteiger partial charge in [0, 0.05) is 32.9 Å². The summed E-state index contributed by atoms with van der Waals surface area (Å²) in [5, 5.41) is 6.69. The molecule has 0 atom stereocenters. The monoisotopic (exact) mass is 300 g/mol. The Kier molecular flexibility index (Phi) is 3.85. The van der Waals surface area contributed by atoms with Gasteiger partial charge in [-0.1, -0.05) is 12.1 Å². The van der Waals surface area contributed by atoms with Crippen LogP contribution in [0, 0.1) is 13.8 Å². The second kappa shape index (κ2) is 5.77. The molecule has 3 rings (SSSR count). The van der Waals surface area contributed by atoms with Crippen LogP contribution >= 0.6 is 22.7 Å². The van der Waals surface area contributed by atoms with Crippen LogP contribution in [0.25, 0.3) is 11.3 Å². The van der Waals surface area contributed by atoms with Crippen LogP contribution in [0.3, 0.4) is 0 Å². The minimum Gasteiger partial charge on any atom is -0.380 e. The van der Waals surface area contributed by atoms with Crippen molar-refractivity contribution in [2.45, 2.75) is 20.4 Å². The highest BCUT2D eigenvalue weighted by molar-refractivity contribution is 7.11. The average molecular weight is 300 g/mol. The molecule has 0 fully saturated rings. The maximum Gasteiger partial charge on any atom is 0.0901 e. The highest BCUT2D eigenvalue weighted by Crippen LogP contribution is 2.25. The molecule has 0 spiro atoms. The van der Waals surface area contributed by atoms with Crippen LogP contribution in [0.1, 0.15) is 14.8 Å². The molecule has 1 N–H and O–H groups in total. The van der Waals surface area contributed by atoms with Gasteiger partial charge in [0.25, 0.3) is 0 Å². The fourth-order valence-corrected chi connectivity index (χ4v) is 3.51. The van der Waals surface area contributed by atoms with E-state index in [0.717, 1.165) is 22.9 Å². The summed E-state index contributed by atoms with van der Waals surface area (Å²) in [6, 6.07) is 12.8. The van der Waals surface area contributed by atoms with Crippen molar-refractivity contribution < 1.29 is 0 Å². The maximum atomic E-state index is 4.54. The van der Waals surface area contributed by atoms with E-state index < -0.39 is 0 Å². The normalized spacial score (nSPS) is 10.7. The summed E-state index contributed by atoms with van der Waals surface area (Å²) in [7, 11) is 0. The van der Waals surface area contributed by atoms with Crippen LogP contribution in [0.2, 0.25) is 0 Å². The van der Waals surface area contributed by atoms with Gasteiger partial charge in [-0.2, -0.15) is 0 Å². The van der Waals surface area contributed by atoms with E-state index in [1.807, 2.05) is 18.3 Å². The zero-order valence-corrected chi connectivity index (χ0v) is 13.1. The molecule has 4 heteroatoms. The molecule has 2 heterocycles. The first-order valence-electron chi connectivity index (χ1n) is 6.52. The summed E-state index contributed by atoms with van der Waals surface area (Å²) in [5.74, 6) is 0. The van der Waals surface area contributed by atoms with Gasteiger partial charge in [0.05, 0.1) is 10.7 Å². The van der Waals surface area contributed by atoms with Crippen molar-refractivity contribution in [1.29, 1.82) is 0 Å². The van der Waals surface area contributed by atoms with Crippen molar-refractivity contribution in [3.63, 3.8) is 0 Å². The highest BCUT2D eigenvalue weighted by Gasteiger charge is 2.03. The van der Waals surface area contributed by atoms with E-state index in [9.17, 15) is 0 Å². The molecule has 0 amide bonds. The molecule has 0 aliphatic heterocycles. The molecule has 0 saturated heterocycles. The van der Waals surface area contributed by atoms with Crippen molar-refractivity contribution in [3.8, 4) is 11.3 Å². The number of rotatable bonds is 4. The van der Waals surface area contributed by atoms with Crippen LogP contribution in [0.15, 0.2) is 41.8 Å². The van der Waals surface area contributed by atoms with Crippen molar-refractivity contribution in [2.75, 3.05) is 5.32 Å². The number of nitrogens with one attached hydrogen (secondary N) is 1. The Labute approximate surface area is 127 Å². The first kappa shape index (κ1) is 13.3. The zero-order chi connectivity index (χ0) is 13.9. The number of hydrogen-bond donors (Lipinski definition) is 1. The number of benzene rings is 1. The fourth-order valence-electron chi connectivity index (χ4n) is 2.05. The van der Waals surface area contributed by atoms with Crippen molar-refractivity contribution in [2.24, 2.45) is 0 Å². The average Bonchev–Trinajstić information content (AvgIpc) is 3.06. The quantitative estimate of drug-likeness (QED) is 0.725. The van der Waals surface area contributed by atoms with E-state index in [1.54, 1.807) is 11.3 Å². The second-order valence-corrected chi connectivity index (χ2v) is 7.13. The van der Waals surface area contributed by atoms with E-state index in [0.29, 0.717) is 0 Å². The summed E-state index contributed by atoms with van der Waals surface area (Å²) in [6.07, 6.45) is 0. The topological polar surface area (TPSA) is 24.9 Å². The minimum absolute atomic E-state index is 0.873. The number of hydrogen-bond acceptors (Lipinski definition) is 4. The molecule has 2 aromatic heterocycles. The fraction of sp³-hybridized carbons (Fsp3) is 0.188. The number of thiophene rings is 1. The Morgan fingerprint density at radius 2 is 2.05 bits per heavy atom. The highest BCUT2D eigenvalue weighted by atomic mass is 32.1. The number of aryl methyl sites for hydroxylation is 2. The van der Waals surface area contributed by atoms with Gasteiger partial charge in [-0.3, -0.25) is 0 Å². The van der Waals surface area contributed by atoms with Gasteiger partial charge < -0.3 is 5.32 Å². The Morgan fingerprint density at radius 1 is 1.15 bits per heavy atom. The van der Waals surface area contributed by atoms with Crippen molar-refractivity contribution in [1.82, 2.24) is 4.98 Å². The lowest BCUT2D eigenvalue weighted by atomic mass is 10.1. The minimum atomic E-state index is 0.873. The molecule has 102 valence electrons. The van der Waals surface area contributed by atoms with E-state index in [-0.39, 0.29) is 0 Å². The van der Waals surface area contributed by atoms with Gasteiger partial charge in [0.1, 0.15) is 0 Å². The Morgan fingerprint density at radius 3 is 2.75 bits per heavy atom. The molecule has 0 saturated carbocycles. The van der Waals surface area contributed by atoms with Crippen LogP contribution in [-0.4, -0.2) is 4.98 Å². The van der Waals surface area contributed by atoms with Gasteiger partial charge in [-0.15, -0.1) is 22.7 Å². The van der Waals surface area contributed by atoms with Crippen molar-refractivity contribution in [3.05, 3.63) is 56.5 Å². The standard InChI is InChI=1S/C16H16N2S2/c1-11-6-7-15(20-11)9-17-14-5-3-4-13(8-14)16-10-19-12(2)18-16/h3-8,10,17H,9H2,1-2H3. The molecule has 3 aromatic rings. The van der Waals surface area contributed by atoms with Crippen LogP contribution in [-0.2, 0) is 6.54 Å². The Bertz CT molecular complexity index is 713. The third-order valence-electron chi connectivity index (χ3n) is 3.04. The lowest BCUT2D eigenvalue weighted by molar-refractivity contribution is 1.19. The second-order valence-electron chi connectivity index (χ2n) is 4.70. The summed E-state index contributed by atoms with van der Waals surface area (Å²) in [4.78, 5) is 7.25. The smallest absolute Gasteiger partial charge is 0.0901 e. The summed E-state index contributed by atoms with van der Waals surface area (Å²) < 4.78 is 0. The molecule has 0 aliphatic carbocycles. The lowest BCUT2D eigenvalue weighted by Gasteiger charge is -2.06. The molecule has 20 heavy (non-hydrogen) atoms. The molecule has 0 bridgehead atoms. The predicted molar refractivity (Wildman–Crippen MR) is 88.7 cm³/mol. The van der Waals surface area contributed by atoms with Gasteiger partial charge in [-0.25, -0.2) is 4.98 Å². The number of aromatic nitrogens is 1. The summed E-state index contributed by atoms with van der Waals surface area (Å²) >= 11 is 3.53. The zero-order valence-electron chi connectivity index (χ0n) is 11.5. The maximum absolute atomic E-state index is 4.54. The molecule has 1 aromatic carbocycles. The number of nitrogens with zero attached hydrogens (tertiary/aromatic N) is 1. The van der Waals surface area contributed by atoms with E-state index >= 15 is 0 Å². The van der Waals surface area contributed by atoms with Crippen molar-refractivity contribution >= 4 is 28.4 Å². The Hall–Kier alpha value is -1.65. The summed E-state index contributed by atoms with van der Waals surface area (Å²) in [5.41, 5.74) is 3.36. The molecule has 0 aliphatic rings. The van der Waals surface area contributed by atoms with Gasteiger partial charge in [0.2, 0.25) is 0 Å². The molecule has 2 nitrogen and oxygen atoms in total. The van der Waals surface area contributed by atoms with E-state index in [1.165, 1.54) is 15.3 Å². The molecule has 0 unspecified atom stereocenters. The third-order valence-corrected chi connectivity index (χ3v) is 4.81. The largest absolute Gasteiger partial charge is 0.380 e. The van der Waals surface area contributed by atoms with Crippen LogP contribution in [0.5, 0.6) is 0 Å². The van der Waals surface area contributed by atoms with Crippen LogP contribution in [0.4, 0.5) is 5.69 Å². The van der Waals surface area contributed by atoms with Gasteiger partial charge in [0.15, 0.2) is 0 Å². The van der Waals surface area contributed by atoms with Crippen LogP contribution < -0.4 is 5.32 Å². The van der Waals surface area contributed by atoms with Gasteiger partial charge >= 0.3 is 0 Å². The molecular weight excluding hydrogens is 284 g/mol. The number of anilines is 1. The summed E-state index contributed by atoms with van der Waals surface area (Å²) in [6.45, 7) is 5.05. The third kappa shape index (κ3) is 3.08. The predicted octanol–water partition coefficient (Wildman–Crippen LogP) is 5.10. The molecule has 0 radical (unpaired) electrons. The SMILES string of the molecule is Cc1ccc(CNc2cccc(-c3csc(C)n3)c2)s1. The van der Waals surface area contributed by atoms with E-state index in [2.05, 4.69) is 59.0 Å². The first-order chi connectivity index (χ1) is 9.70. The number of thiazole rings is 1. The first-order valence-corrected chi connectivity index (χ1v) is 8.22. The van der Waals surface area contributed by atoms with Gasteiger partial charge in [-0.05, 0) is 38.1 Å². The lowest BCUT2D eigenvalue weighted by Crippen LogP contribution is -1.97. The van der Waals surface area contributed by atoms with E-state index in [4.69, 9.17) is 0 Å². The molecular formula is C16H16N2S2.